The molecule has 7 aromatic rings. The van der Waals surface area contributed by atoms with Gasteiger partial charge in [0.2, 0.25) is 0 Å². The molecule has 9 rings (SSSR count). The van der Waals surface area contributed by atoms with E-state index in [-0.39, 0.29) is 5.41 Å². The first-order chi connectivity index (χ1) is 23.5. The van der Waals surface area contributed by atoms with Crippen molar-refractivity contribution in [1.29, 1.82) is 0 Å². The molecule has 0 spiro atoms. The number of anilines is 3. The lowest BCUT2D eigenvalue weighted by molar-refractivity contribution is 0.655. The van der Waals surface area contributed by atoms with Crippen molar-refractivity contribution in [2.24, 2.45) is 0 Å². The first-order valence-corrected chi connectivity index (χ1v) is 17.4. The average Bonchev–Trinajstić information content (AvgIpc) is 3.56. The molecule has 0 radical (unpaired) electrons. The van der Waals surface area contributed by atoms with Crippen LogP contribution in [0.1, 0.15) is 47.2 Å². The molecule has 0 bridgehead atoms. The number of hydrogen-bond acceptors (Lipinski definition) is 1. The van der Waals surface area contributed by atoms with E-state index >= 15 is 0 Å². The Bertz CT molecular complexity index is 2270. The van der Waals surface area contributed by atoms with Crippen LogP contribution < -0.4 is 4.90 Å². The summed E-state index contributed by atoms with van der Waals surface area (Å²) in [5, 5.41) is 0. The molecule has 7 aromatic carbocycles. The molecular formula is C46H34BrN. The maximum absolute atomic E-state index is 3.62. The third-order valence-electron chi connectivity index (χ3n) is 10.6. The Morgan fingerprint density at radius 3 is 1.44 bits per heavy atom. The Hall–Kier alpha value is -5.18. The Balaban J connectivity index is 1.27. The summed E-state index contributed by atoms with van der Waals surface area (Å²) in [4.78, 5) is 2.33. The number of fused-ring (bicyclic) bond motifs is 6. The van der Waals surface area contributed by atoms with Gasteiger partial charge in [-0.05, 0) is 104 Å². The van der Waals surface area contributed by atoms with Crippen molar-refractivity contribution in [3.8, 4) is 22.3 Å². The van der Waals surface area contributed by atoms with E-state index in [1.165, 1.54) is 55.6 Å². The van der Waals surface area contributed by atoms with Crippen LogP contribution in [0.15, 0.2) is 174 Å². The van der Waals surface area contributed by atoms with Gasteiger partial charge in [-0.25, -0.2) is 0 Å². The van der Waals surface area contributed by atoms with Crippen LogP contribution in [0.5, 0.6) is 0 Å². The first-order valence-electron chi connectivity index (χ1n) is 16.6. The van der Waals surface area contributed by atoms with E-state index in [9.17, 15) is 0 Å². The predicted octanol–water partition coefficient (Wildman–Crippen LogP) is 12.6. The van der Waals surface area contributed by atoms with Crippen LogP contribution in [-0.4, -0.2) is 0 Å². The third kappa shape index (κ3) is 4.15. The molecule has 230 valence electrons. The smallest absolute Gasteiger partial charge is 0.0713 e. The van der Waals surface area contributed by atoms with E-state index in [4.69, 9.17) is 0 Å². The second kappa shape index (κ2) is 10.9. The van der Waals surface area contributed by atoms with Crippen LogP contribution >= 0.6 is 15.9 Å². The molecule has 0 aliphatic heterocycles. The van der Waals surface area contributed by atoms with E-state index in [1.807, 2.05) is 0 Å². The van der Waals surface area contributed by atoms with Crippen molar-refractivity contribution in [2.45, 2.75) is 24.7 Å². The van der Waals surface area contributed by atoms with Crippen molar-refractivity contribution in [3.63, 3.8) is 0 Å². The van der Waals surface area contributed by atoms with Gasteiger partial charge >= 0.3 is 0 Å². The standard InChI is InChI=1S/C46H34BrN/c1-45(2)41-17-9-6-14-37(41)40-29-22-32(30-44(40)45)46(42-18-10-7-15-38(42)39-16-8-11-19-43(39)46)31-20-25-35(26-21-31)48(34-12-4-3-5-13-34)36-27-23-33(47)24-28-36/h3-30H,1-2H3. The van der Waals surface area contributed by atoms with Crippen LogP contribution in [0.4, 0.5) is 17.1 Å². The number of hydrogen-bond donors (Lipinski definition) is 0. The number of halogens is 1. The minimum absolute atomic E-state index is 0.0918. The van der Waals surface area contributed by atoms with E-state index in [0.717, 1.165) is 21.5 Å². The molecule has 0 fully saturated rings. The van der Waals surface area contributed by atoms with Gasteiger partial charge in [-0.2, -0.15) is 0 Å². The minimum atomic E-state index is -0.471. The van der Waals surface area contributed by atoms with E-state index in [2.05, 4.69) is 205 Å². The molecule has 0 unspecified atom stereocenters. The van der Waals surface area contributed by atoms with Crippen LogP contribution in [-0.2, 0) is 10.8 Å². The zero-order valence-corrected chi connectivity index (χ0v) is 28.6. The largest absolute Gasteiger partial charge is 0.311 e. The lowest BCUT2D eigenvalue weighted by atomic mass is 9.66. The highest BCUT2D eigenvalue weighted by atomic mass is 79.9. The van der Waals surface area contributed by atoms with E-state index in [0.29, 0.717) is 0 Å². The minimum Gasteiger partial charge on any atom is -0.311 e. The first kappa shape index (κ1) is 29.0. The summed E-state index contributed by atoms with van der Waals surface area (Å²) in [6.07, 6.45) is 0. The Kier molecular flexibility index (Phi) is 6.61. The molecule has 2 heteroatoms. The normalized spacial score (nSPS) is 14.5. The summed E-state index contributed by atoms with van der Waals surface area (Å²) < 4.78 is 1.07. The topological polar surface area (TPSA) is 3.24 Å². The van der Waals surface area contributed by atoms with Crippen molar-refractivity contribution in [1.82, 2.24) is 0 Å². The summed E-state index contributed by atoms with van der Waals surface area (Å²) in [5.41, 5.74) is 16.1. The van der Waals surface area contributed by atoms with Crippen molar-refractivity contribution >= 4 is 33.0 Å². The van der Waals surface area contributed by atoms with Crippen molar-refractivity contribution < 1.29 is 0 Å². The maximum Gasteiger partial charge on any atom is 0.0713 e. The van der Waals surface area contributed by atoms with Gasteiger partial charge in [0.05, 0.1) is 5.41 Å². The number of rotatable bonds is 5. The van der Waals surface area contributed by atoms with E-state index in [1.54, 1.807) is 0 Å². The highest BCUT2D eigenvalue weighted by molar-refractivity contribution is 9.10. The van der Waals surface area contributed by atoms with Gasteiger partial charge in [0.15, 0.2) is 0 Å². The van der Waals surface area contributed by atoms with Gasteiger partial charge < -0.3 is 4.90 Å². The molecule has 0 heterocycles. The lowest BCUT2D eigenvalue weighted by Gasteiger charge is -2.35. The molecule has 2 aliphatic rings. The Morgan fingerprint density at radius 1 is 0.396 bits per heavy atom. The molecule has 0 aromatic heterocycles. The van der Waals surface area contributed by atoms with Crippen molar-refractivity contribution in [3.05, 3.63) is 208 Å². The second-order valence-corrected chi connectivity index (χ2v) is 14.4. The van der Waals surface area contributed by atoms with Gasteiger partial charge in [-0.15, -0.1) is 0 Å². The zero-order chi connectivity index (χ0) is 32.5. The summed E-state index contributed by atoms with van der Waals surface area (Å²) in [6, 6.07) is 62.7. The number of benzene rings is 7. The molecular weight excluding hydrogens is 646 g/mol. The van der Waals surface area contributed by atoms with Gasteiger partial charge in [0.1, 0.15) is 0 Å². The molecule has 0 amide bonds. The summed E-state index contributed by atoms with van der Waals surface area (Å²) in [7, 11) is 0. The number of nitrogens with zero attached hydrogens (tertiary/aromatic N) is 1. The third-order valence-corrected chi connectivity index (χ3v) is 11.2. The summed E-state index contributed by atoms with van der Waals surface area (Å²) >= 11 is 3.62. The molecule has 0 N–H and O–H groups in total. The molecule has 0 saturated carbocycles. The van der Waals surface area contributed by atoms with Crippen LogP contribution in [0.3, 0.4) is 0 Å². The Morgan fingerprint density at radius 2 is 0.833 bits per heavy atom. The van der Waals surface area contributed by atoms with Crippen molar-refractivity contribution in [2.75, 3.05) is 4.90 Å². The fourth-order valence-electron chi connectivity index (χ4n) is 8.44. The molecule has 2 aliphatic carbocycles. The van der Waals surface area contributed by atoms with Crippen LogP contribution in [0.25, 0.3) is 22.3 Å². The Labute approximate surface area is 291 Å². The monoisotopic (exact) mass is 679 g/mol. The quantitative estimate of drug-likeness (QED) is 0.175. The average molecular weight is 681 g/mol. The van der Waals surface area contributed by atoms with Crippen LogP contribution in [0.2, 0.25) is 0 Å². The predicted molar refractivity (Wildman–Crippen MR) is 204 cm³/mol. The maximum atomic E-state index is 3.62. The molecule has 0 saturated heterocycles. The molecule has 48 heavy (non-hydrogen) atoms. The highest BCUT2D eigenvalue weighted by Crippen LogP contribution is 2.58. The zero-order valence-electron chi connectivity index (χ0n) is 27.0. The SMILES string of the molecule is CC1(C)c2ccccc2-c2ccc(C3(c4ccc(N(c5ccccc5)c5ccc(Br)cc5)cc4)c4ccccc4-c4ccccc43)cc21. The van der Waals surface area contributed by atoms with Gasteiger partial charge in [-0.1, -0.05) is 151 Å². The fourth-order valence-corrected chi connectivity index (χ4v) is 8.70. The van der Waals surface area contributed by atoms with Crippen LogP contribution in [0, 0.1) is 0 Å². The highest BCUT2D eigenvalue weighted by Gasteiger charge is 2.47. The van der Waals surface area contributed by atoms with Gasteiger partial charge in [0, 0.05) is 26.9 Å². The van der Waals surface area contributed by atoms with Gasteiger partial charge in [0.25, 0.3) is 0 Å². The fraction of sp³-hybridized carbons (Fsp3) is 0.0870. The van der Waals surface area contributed by atoms with E-state index < -0.39 is 5.41 Å². The molecule has 1 nitrogen and oxygen atoms in total. The molecule has 0 atom stereocenters. The summed E-state index contributed by atoms with van der Waals surface area (Å²) in [6.45, 7) is 4.75. The lowest BCUT2D eigenvalue weighted by Crippen LogP contribution is -2.29. The second-order valence-electron chi connectivity index (χ2n) is 13.5. The van der Waals surface area contributed by atoms with Gasteiger partial charge in [-0.3, -0.25) is 0 Å². The number of para-hydroxylation sites is 1. The summed E-state index contributed by atoms with van der Waals surface area (Å²) in [5.74, 6) is 0.